The molecule has 0 atom stereocenters. The standard InChI is InChI=1S/C11H7ClN4O4/c12-6-1-2-8(16(19)20)7(5-6)11(18)13-9-3-4-10(17)15-14-9/h1-5H,(H,15,17)(H,13,14,18). The first-order chi connectivity index (χ1) is 9.47. The number of H-pyrrole nitrogens is 1. The van der Waals surface area contributed by atoms with E-state index in [0.717, 1.165) is 12.1 Å². The minimum absolute atomic E-state index is 0.0591. The zero-order valence-corrected chi connectivity index (χ0v) is 10.5. The van der Waals surface area contributed by atoms with E-state index < -0.39 is 16.4 Å². The molecule has 0 aliphatic carbocycles. The second-order valence-corrected chi connectivity index (χ2v) is 4.12. The van der Waals surface area contributed by atoms with Crippen molar-refractivity contribution in [1.82, 2.24) is 10.2 Å². The fourth-order valence-corrected chi connectivity index (χ4v) is 1.62. The topological polar surface area (TPSA) is 118 Å². The number of rotatable bonds is 3. The largest absolute Gasteiger partial charge is 0.305 e. The summed E-state index contributed by atoms with van der Waals surface area (Å²) < 4.78 is 0. The van der Waals surface area contributed by atoms with Crippen molar-refractivity contribution in [1.29, 1.82) is 0 Å². The molecule has 0 fully saturated rings. The molecule has 1 aromatic heterocycles. The molecule has 0 radical (unpaired) electrons. The predicted octanol–water partition coefficient (Wildman–Crippen LogP) is 1.58. The second-order valence-electron chi connectivity index (χ2n) is 3.68. The third-order valence-electron chi connectivity index (χ3n) is 2.32. The van der Waals surface area contributed by atoms with Crippen molar-refractivity contribution in [3.05, 3.63) is 61.4 Å². The van der Waals surface area contributed by atoms with E-state index in [9.17, 15) is 19.7 Å². The Balaban J connectivity index is 2.33. The Hall–Kier alpha value is -2.74. The lowest BCUT2D eigenvalue weighted by Crippen LogP contribution is -2.17. The van der Waals surface area contributed by atoms with Crippen LogP contribution in [0.3, 0.4) is 0 Å². The van der Waals surface area contributed by atoms with Gasteiger partial charge in [0.15, 0.2) is 5.82 Å². The summed E-state index contributed by atoms with van der Waals surface area (Å²) in [5, 5.41) is 19.1. The number of nitro groups is 1. The van der Waals surface area contributed by atoms with Gasteiger partial charge in [0, 0.05) is 17.2 Å². The van der Waals surface area contributed by atoms with E-state index in [1.165, 1.54) is 18.2 Å². The summed E-state index contributed by atoms with van der Waals surface area (Å²) in [6.45, 7) is 0. The van der Waals surface area contributed by atoms with E-state index in [-0.39, 0.29) is 22.1 Å². The highest BCUT2D eigenvalue weighted by Crippen LogP contribution is 2.23. The lowest BCUT2D eigenvalue weighted by atomic mass is 10.1. The molecule has 20 heavy (non-hydrogen) atoms. The summed E-state index contributed by atoms with van der Waals surface area (Å²) in [7, 11) is 0. The molecule has 0 spiro atoms. The maximum atomic E-state index is 12.0. The molecule has 0 aliphatic rings. The van der Waals surface area contributed by atoms with E-state index in [4.69, 9.17) is 11.6 Å². The van der Waals surface area contributed by atoms with Crippen LogP contribution >= 0.6 is 11.6 Å². The monoisotopic (exact) mass is 294 g/mol. The summed E-state index contributed by atoms with van der Waals surface area (Å²) in [6.07, 6.45) is 0. The van der Waals surface area contributed by atoms with Gasteiger partial charge in [-0.2, -0.15) is 5.10 Å². The number of carbonyl (C=O) groups excluding carboxylic acids is 1. The number of carbonyl (C=O) groups is 1. The fraction of sp³-hybridized carbons (Fsp3) is 0. The molecule has 1 aromatic carbocycles. The zero-order chi connectivity index (χ0) is 14.7. The van der Waals surface area contributed by atoms with E-state index >= 15 is 0 Å². The van der Waals surface area contributed by atoms with Crippen LogP contribution in [0, 0.1) is 10.1 Å². The first-order valence-electron chi connectivity index (χ1n) is 5.28. The molecule has 2 rings (SSSR count). The molecule has 2 N–H and O–H groups in total. The molecule has 2 aromatic rings. The SMILES string of the molecule is O=C(Nc1ccc(=O)[nH]n1)c1cc(Cl)ccc1[N+](=O)[O-]. The lowest BCUT2D eigenvalue weighted by Gasteiger charge is -2.04. The number of aromatic amines is 1. The third kappa shape index (κ3) is 2.98. The van der Waals surface area contributed by atoms with Crippen molar-refractivity contribution >= 4 is 29.0 Å². The van der Waals surface area contributed by atoms with Gasteiger partial charge in [-0.15, -0.1) is 0 Å². The molecule has 8 nitrogen and oxygen atoms in total. The van der Waals surface area contributed by atoms with Crippen LogP contribution in [0.2, 0.25) is 5.02 Å². The van der Waals surface area contributed by atoms with Crippen molar-refractivity contribution in [2.24, 2.45) is 0 Å². The van der Waals surface area contributed by atoms with Gasteiger partial charge < -0.3 is 5.32 Å². The average molecular weight is 295 g/mol. The van der Waals surface area contributed by atoms with Crippen molar-refractivity contribution in [3.63, 3.8) is 0 Å². The van der Waals surface area contributed by atoms with Crippen LogP contribution in [-0.4, -0.2) is 21.0 Å². The van der Waals surface area contributed by atoms with E-state index in [0.29, 0.717) is 0 Å². The number of hydrogen-bond donors (Lipinski definition) is 2. The van der Waals surface area contributed by atoms with Crippen molar-refractivity contribution < 1.29 is 9.72 Å². The minimum atomic E-state index is -0.751. The van der Waals surface area contributed by atoms with Gasteiger partial charge in [0.1, 0.15) is 5.56 Å². The fourth-order valence-electron chi connectivity index (χ4n) is 1.45. The second kappa shape index (κ2) is 5.49. The van der Waals surface area contributed by atoms with Crippen molar-refractivity contribution in [2.75, 3.05) is 5.32 Å². The van der Waals surface area contributed by atoms with Gasteiger partial charge in [-0.05, 0) is 18.2 Å². The smallest absolute Gasteiger partial charge is 0.282 e. The van der Waals surface area contributed by atoms with Crippen molar-refractivity contribution in [2.45, 2.75) is 0 Å². The van der Waals surface area contributed by atoms with Crippen molar-refractivity contribution in [3.8, 4) is 0 Å². The Kier molecular flexibility index (Phi) is 3.76. The molecule has 1 heterocycles. The molecule has 1 amide bonds. The van der Waals surface area contributed by atoms with Gasteiger partial charge in [0.05, 0.1) is 4.92 Å². The van der Waals surface area contributed by atoms with Gasteiger partial charge >= 0.3 is 0 Å². The highest BCUT2D eigenvalue weighted by atomic mass is 35.5. The van der Waals surface area contributed by atoms with Gasteiger partial charge in [-0.3, -0.25) is 19.7 Å². The maximum absolute atomic E-state index is 12.0. The van der Waals surface area contributed by atoms with Crippen LogP contribution in [0.5, 0.6) is 0 Å². The maximum Gasteiger partial charge on any atom is 0.282 e. The summed E-state index contributed by atoms with van der Waals surface area (Å²) in [5.74, 6) is -0.692. The van der Waals surface area contributed by atoms with Gasteiger partial charge in [0.25, 0.3) is 17.2 Å². The molecule has 0 saturated carbocycles. The molecule has 9 heteroatoms. The molecular weight excluding hydrogens is 288 g/mol. The number of anilines is 1. The number of aromatic nitrogens is 2. The van der Waals surface area contributed by atoms with Crippen LogP contribution in [0.25, 0.3) is 0 Å². The first kappa shape index (κ1) is 13.7. The molecule has 102 valence electrons. The Morgan fingerprint density at radius 1 is 1.35 bits per heavy atom. The number of nitrogens with one attached hydrogen (secondary N) is 2. The predicted molar refractivity (Wildman–Crippen MR) is 70.9 cm³/mol. The van der Waals surface area contributed by atoms with Gasteiger partial charge in [0.2, 0.25) is 0 Å². The lowest BCUT2D eigenvalue weighted by molar-refractivity contribution is -0.385. The van der Waals surface area contributed by atoms with Gasteiger partial charge in [-0.25, -0.2) is 5.10 Å². The molecule has 0 aliphatic heterocycles. The molecular formula is C11H7ClN4O4. The van der Waals surface area contributed by atoms with E-state index in [1.54, 1.807) is 0 Å². The normalized spacial score (nSPS) is 10.1. The number of halogens is 1. The zero-order valence-electron chi connectivity index (χ0n) is 9.79. The van der Waals surface area contributed by atoms with E-state index in [2.05, 4.69) is 15.5 Å². The Morgan fingerprint density at radius 3 is 2.70 bits per heavy atom. The first-order valence-corrected chi connectivity index (χ1v) is 5.66. The van der Waals surface area contributed by atoms with Gasteiger partial charge in [-0.1, -0.05) is 11.6 Å². The minimum Gasteiger partial charge on any atom is -0.305 e. The third-order valence-corrected chi connectivity index (χ3v) is 2.56. The van der Waals surface area contributed by atoms with Crippen LogP contribution in [0.1, 0.15) is 10.4 Å². The van der Waals surface area contributed by atoms with Crippen LogP contribution < -0.4 is 10.9 Å². The molecule has 0 bridgehead atoms. The Labute approximate surface area is 116 Å². The number of benzene rings is 1. The van der Waals surface area contributed by atoms with Crippen LogP contribution in [0.15, 0.2) is 35.1 Å². The van der Waals surface area contributed by atoms with Crippen LogP contribution in [-0.2, 0) is 0 Å². The number of nitro benzene ring substituents is 1. The highest BCUT2D eigenvalue weighted by Gasteiger charge is 2.20. The molecule has 0 saturated heterocycles. The summed E-state index contributed by atoms with van der Waals surface area (Å²) in [5.41, 5.74) is -1.01. The number of amides is 1. The molecule has 0 unspecified atom stereocenters. The quantitative estimate of drug-likeness (QED) is 0.658. The Bertz CT molecular complexity index is 723. The summed E-state index contributed by atoms with van der Waals surface area (Å²) in [4.78, 5) is 33.0. The number of nitrogens with zero attached hydrogens (tertiary/aromatic N) is 2. The highest BCUT2D eigenvalue weighted by molar-refractivity contribution is 6.31. The average Bonchev–Trinajstić information content (AvgIpc) is 2.41. The van der Waals surface area contributed by atoms with Crippen LogP contribution in [0.4, 0.5) is 11.5 Å². The summed E-state index contributed by atoms with van der Waals surface area (Å²) >= 11 is 5.72. The Morgan fingerprint density at radius 2 is 2.10 bits per heavy atom. The summed E-state index contributed by atoms with van der Waals surface area (Å²) in [6, 6.07) is 6.06. The van der Waals surface area contributed by atoms with E-state index in [1.807, 2.05) is 0 Å². The number of hydrogen-bond acceptors (Lipinski definition) is 5.